The van der Waals surface area contributed by atoms with Crippen LogP contribution in [0.2, 0.25) is 0 Å². The van der Waals surface area contributed by atoms with E-state index in [1.165, 1.54) is 0 Å². The minimum atomic E-state index is -0.374. The van der Waals surface area contributed by atoms with Gasteiger partial charge in [0.25, 0.3) is 0 Å². The first-order valence-electron chi connectivity index (χ1n) is 11.1. The lowest BCUT2D eigenvalue weighted by molar-refractivity contribution is 0.0407. The third-order valence-corrected chi connectivity index (χ3v) is 5.30. The molecule has 170 valence electrons. The molecule has 0 amide bonds. The number of nitrogens with two attached hydrogens (primary N) is 2. The molecular weight excluding hydrogens is 410 g/mol. The zero-order valence-corrected chi connectivity index (χ0v) is 18.2. The van der Waals surface area contributed by atoms with Gasteiger partial charge < -0.3 is 39.6 Å². The minimum absolute atomic E-state index is 0.0647. The molecule has 2 aliphatic heterocycles. The summed E-state index contributed by atoms with van der Waals surface area (Å²) >= 11 is 0. The molecule has 8 nitrogen and oxygen atoms in total. The molecule has 2 heterocycles. The van der Waals surface area contributed by atoms with Crippen molar-refractivity contribution in [1.82, 2.24) is 0 Å². The fraction of sp³-hybridized carbons (Fsp3) is 0.455. The fourth-order valence-electron chi connectivity index (χ4n) is 3.67. The molecule has 2 fully saturated rings. The standard InChI is InChI=1S/C22H30B2N2O6/c25-19-7-3-5-17(11-19)23-29-15-21(31-23)13-27-9-1-2-10-28-14-22-16-30-24(32-22)18-6-4-8-20(26)12-18/h3-8,11-12,21-22H,1-2,9-10,13-16,25-26H2. The molecule has 10 heteroatoms. The van der Waals surface area contributed by atoms with Gasteiger partial charge in [-0.2, -0.15) is 0 Å². The average Bonchev–Trinajstić information content (AvgIpc) is 3.46. The third kappa shape index (κ3) is 6.71. The Kier molecular flexibility index (Phi) is 8.44. The molecule has 2 aromatic carbocycles. The van der Waals surface area contributed by atoms with E-state index in [0.29, 0.717) is 51.0 Å². The van der Waals surface area contributed by atoms with Crippen LogP contribution in [0.15, 0.2) is 48.5 Å². The van der Waals surface area contributed by atoms with Gasteiger partial charge in [0.2, 0.25) is 0 Å². The number of unbranched alkanes of at least 4 members (excludes halogenated alkanes) is 1. The van der Waals surface area contributed by atoms with Gasteiger partial charge in [-0.25, -0.2) is 0 Å². The van der Waals surface area contributed by atoms with Gasteiger partial charge in [-0.15, -0.1) is 0 Å². The number of anilines is 2. The topological polar surface area (TPSA) is 107 Å². The molecular formula is C22H30B2N2O6. The highest BCUT2D eigenvalue weighted by atomic mass is 16.7. The van der Waals surface area contributed by atoms with Crippen LogP contribution < -0.4 is 22.4 Å². The number of hydrogen-bond donors (Lipinski definition) is 2. The van der Waals surface area contributed by atoms with Crippen molar-refractivity contribution in [2.45, 2.75) is 25.0 Å². The van der Waals surface area contributed by atoms with Crippen LogP contribution in [0.5, 0.6) is 0 Å². The summed E-state index contributed by atoms with van der Waals surface area (Å²) in [4.78, 5) is 0. The van der Waals surface area contributed by atoms with Crippen LogP contribution in [0.1, 0.15) is 12.8 Å². The van der Waals surface area contributed by atoms with Crippen molar-refractivity contribution in [3.05, 3.63) is 48.5 Å². The summed E-state index contributed by atoms with van der Waals surface area (Å²) in [7, 11) is -0.748. The Morgan fingerprint density at radius 3 is 1.66 bits per heavy atom. The Morgan fingerprint density at radius 2 is 1.22 bits per heavy atom. The Bertz CT molecular complexity index is 791. The summed E-state index contributed by atoms with van der Waals surface area (Å²) < 4.78 is 34.7. The van der Waals surface area contributed by atoms with E-state index in [9.17, 15) is 0 Å². The highest BCUT2D eigenvalue weighted by Gasteiger charge is 2.34. The number of hydrogen-bond acceptors (Lipinski definition) is 8. The summed E-state index contributed by atoms with van der Waals surface area (Å²) in [5.74, 6) is 0. The first-order chi connectivity index (χ1) is 15.7. The molecule has 0 spiro atoms. The van der Waals surface area contributed by atoms with E-state index < -0.39 is 0 Å². The molecule has 0 aliphatic carbocycles. The largest absolute Gasteiger partial charge is 0.494 e. The van der Waals surface area contributed by atoms with Crippen LogP contribution in [0, 0.1) is 0 Å². The first kappa shape index (κ1) is 23.1. The Hall–Kier alpha value is -2.07. The van der Waals surface area contributed by atoms with Gasteiger partial charge >= 0.3 is 14.2 Å². The number of nitrogen functional groups attached to an aromatic ring is 2. The summed E-state index contributed by atoms with van der Waals surface area (Å²) in [5.41, 5.74) is 14.9. The van der Waals surface area contributed by atoms with Crippen LogP contribution in [-0.4, -0.2) is 66.1 Å². The summed E-state index contributed by atoms with van der Waals surface area (Å²) in [6.07, 6.45) is 1.70. The molecule has 2 atom stereocenters. The summed E-state index contributed by atoms with van der Waals surface area (Å²) in [5, 5.41) is 0. The molecule has 0 bridgehead atoms. The maximum atomic E-state index is 5.89. The van der Waals surface area contributed by atoms with E-state index >= 15 is 0 Å². The molecule has 0 radical (unpaired) electrons. The molecule has 2 aromatic rings. The van der Waals surface area contributed by atoms with Crippen molar-refractivity contribution in [1.29, 1.82) is 0 Å². The second-order valence-corrected chi connectivity index (χ2v) is 8.04. The monoisotopic (exact) mass is 440 g/mol. The van der Waals surface area contributed by atoms with E-state index in [1.807, 2.05) is 48.5 Å². The zero-order valence-electron chi connectivity index (χ0n) is 18.2. The van der Waals surface area contributed by atoms with Gasteiger partial charge in [-0.1, -0.05) is 24.3 Å². The van der Waals surface area contributed by atoms with Gasteiger partial charge in [0.1, 0.15) is 0 Å². The third-order valence-electron chi connectivity index (χ3n) is 5.30. The van der Waals surface area contributed by atoms with Crippen molar-refractivity contribution in [2.75, 3.05) is 51.1 Å². The highest BCUT2D eigenvalue weighted by Crippen LogP contribution is 2.12. The molecule has 2 saturated heterocycles. The first-order valence-corrected chi connectivity index (χ1v) is 11.1. The van der Waals surface area contributed by atoms with E-state index in [-0.39, 0.29) is 26.4 Å². The van der Waals surface area contributed by atoms with Crippen LogP contribution in [-0.2, 0) is 28.1 Å². The lowest BCUT2D eigenvalue weighted by Crippen LogP contribution is -2.33. The van der Waals surface area contributed by atoms with Crippen LogP contribution in [0.25, 0.3) is 0 Å². The Morgan fingerprint density at radius 1 is 0.750 bits per heavy atom. The maximum Gasteiger partial charge on any atom is 0.494 e. The average molecular weight is 440 g/mol. The normalized spacial score (nSPS) is 20.9. The van der Waals surface area contributed by atoms with Crippen molar-refractivity contribution in [2.24, 2.45) is 0 Å². The number of benzene rings is 2. The summed E-state index contributed by atoms with van der Waals surface area (Å²) in [6, 6.07) is 15.1. The van der Waals surface area contributed by atoms with E-state index in [0.717, 1.165) is 23.8 Å². The van der Waals surface area contributed by atoms with E-state index in [4.69, 9.17) is 39.6 Å². The van der Waals surface area contributed by atoms with Crippen LogP contribution >= 0.6 is 0 Å². The van der Waals surface area contributed by atoms with E-state index in [1.54, 1.807) is 0 Å². The smallest absolute Gasteiger partial charge is 0.405 e. The van der Waals surface area contributed by atoms with Crippen molar-refractivity contribution in [3.63, 3.8) is 0 Å². The Balaban J connectivity index is 1.01. The van der Waals surface area contributed by atoms with Gasteiger partial charge in [0.15, 0.2) is 0 Å². The molecule has 2 aliphatic rings. The molecule has 32 heavy (non-hydrogen) atoms. The van der Waals surface area contributed by atoms with Crippen molar-refractivity contribution >= 4 is 36.5 Å². The SMILES string of the molecule is Nc1cccc(B2OCC(COCCCCOCC3COB(c4cccc(N)c4)O3)O2)c1. The number of rotatable bonds is 11. The fourth-order valence-corrected chi connectivity index (χ4v) is 3.67. The number of ether oxygens (including phenoxy) is 2. The molecule has 4 rings (SSSR count). The van der Waals surface area contributed by atoms with Gasteiger partial charge in [0, 0.05) is 24.6 Å². The predicted molar refractivity (Wildman–Crippen MR) is 125 cm³/mol. The van der Waals surface area contributed by atoms with Crippen LogP contribution in [0.3, 0.4) is 0 Å². The second-order valence-electron chi connectivity index (χ2n) is 8.04. The predicted octanol–water partition coefficient (Wildman–Crippen LogP) is 0.586. The van der Waals surface area contributed by atoms with Gasteiger partial charge in [-0.05, 0) is 48.0 Å². The zero-order chi connectivity index (χ0) is 22.2. The van der Waals surface area contributed by atoms with E-state index in [2.05, 4.69) is 0 Å². The second kappa shape index (κ2) is 11.7. The van der Waals surface area contributed by atoms with Gasteiger partial charge in [0.05, 0.1) is 38.6 Å². The van der Waals surface area contributed by atoms with Gasteiger partial charge in [-0.3, -0.25) is 0 Å². The molecule has 2 unspecified atom stereocenters. The molecule has 4 N–H and O–H groups in total. The van der Waals surface area contributed by atoms with Crippen molar-refractivity contribution in [3.8, 4) is 0 Å². The molecule has 0 aromatic heterocycles. The molecule has 0 saturated carbocycles. The quantitative estimate of drug-likeness (QED) is 0.297. The van der Waals surface area contributed by atoms with Crippen molar-refractivity contribution < 1.29 is 28.1 Å². The summed E-state index contributed by atoms with van der Waals surface area (Å²) in [6.45, 7) is 3.38. The van der Waals surface area contributed by atoms with Crippen LogP contribution in [0.4, 0.5) is 11.4 Å². The Labute approximate surface area is 189 Å². The lowest BCUT2D eigenvalue weighted by atomic mass is 9.79. The lowest BCUT2D eigenvalue weighted by Gasteiger charge is -2.12. The minimum Gasteiger partial charge on any atom is -0.405 e. The maximum absolute atomic E-state index is 5.89. The highest BCUT2D eigenvalue weighted by molar-refractivity contribution is 6.62.